The number of hydrogen-bond acceptors (Lipinski definition) is 2. The normalized spacial score (nSPS) is 17.0. The summed E-state index contributed by atoms with van der Waals surface area (Å²) < 4.78 is 224. The molecule has 0 rings (SSSR count). The van der Waals surface area contributed by atoms with Crippen molar-refractivity contribution in [1.29, 1.82) is 0 Å². The summed E-state index contributed by atoms with van der Waals surface area (Å²) in [5.41, 5.74) is 0. The topological polar surface area (TPSA) is 40.1 Å². The summed E-state index contributed by atoms with van der Waals surface area (Å²) in [6.45, 7) is 0. The van der Waals surface area contributed by atoms with Crippen LogP contribution >= 0.6 is 11.6 Å². The smallest absolute Gasteiger partial charge is 0.768 e. The Morgan fingerprint density at radius 3 is 0.931 bits per heavy atom. The fourth-order valence-corrected chi connectivity index (χ4v) is 1.71. The van der Waals surface area contributed by atoms with Gasteiger partial charge in [-0.05, 0) is 11.6 Å². The van der Waals surface area contributed by atoms with E-state index in [4.69, 9.17) is 0 Å². The van der Waals surface area contributed by atoms with Crippen molar-refractivity contribution in [2.24, 2.45) is 0 Å². The third-order valence-electron chi connectivity index (χ3n) is 2.90. The third-order valence-corrected chi connectivity index (χ3v) is 3.81. The largest absolute Gasteiger partial charge is 1.00 e. The van der Waals surface area contributed by atoms with Gasteiger partial charge in [0.1, 0.15) is 0 Å². The first-order valence-corrected chi connectivity index (χ1v) is 6.95. The Kier molecular flexibility index (Phi) is 8.68. The molecule has 0 radical (unpaired) electrons. The van der Waals surface area contributed by atoms with Gasteiger partial charge in [-0.3, -0.25) is 4.21 Å². The zero-order valence-corrected chi connectivity index (χ0v) is 16.2. The van der Waals surface area contributed by atoms with Gasteiger partial charge in [-0.25, -0.2) is 0 Å². The van der Waals surface area contributed by atoms with Crippen LogP contribution in [0.4, 0.5) is 70.2 Å². The first-order valence-electron chi connectivity index (χ1n) is 5.50. The van der Waals surface area contributed by atoms with Crippen molar-refractivity contribution in [2.75, 3.05) is 0 Å². The van der Waals surface area contributed by atoms with Crippen molar-refractivity contribution in [3.63, 3.8) is 0 Å². The average molecular weight is 523 g/mol. The van der Waals surface area contributed by atoms with E-state index in [1.165, 1.54) is 0 Å². The van der Waals surface area contributed by atoms with E-state index in [9.17, 15) is 79.0 Å². The van der Waals surface area contributed by atoms with Gasteiger partial charge in [-0.2, -0.15) is 70.2 Å². The monoisotopic (exact) mass is 522 g/mol. The van der Waals surface area contributed by atoms with Gasteiger partial charge in [0.25, 0.3) is 0 Å². The van der Waals surface area contributed by atoms with Crippen LogP contribution in [-0.4, -0.2) is 54.9 Å². The zero-order valence-electron chi connectivity index (χ0n) is 12.7. The number of alkyl halides is 17. The number of hydrogen-bond donors (Lipinski definition) is 0. The fourth-order valence-electron chi connectivity index (χ4n) is 1.25. The molecule has 170 valence electrons. The van der Waals surface area contributed by atoms with Crippen molar-refractivity contribution < 1.29 is 109 Å². The molecule has 0 aliphatic carbocycles. The van der Waals surface area contributed by atoms with Gasteiger partial charge in [0.2, 0.25) is 0 Å². The molecule has 1 unspecified atom stereocenters. The van der Waals surface area contributed by atoms with E-state index < -0.39 is 57.3 Å². The molecule has 1 atom stereocenters. The van der Waals surface area contributed by atoms with Crippen molar-refractivity contribution >= 4 is 22.7 Å². The molecule has 0 aliphatic rings. The van der Waals surface area contributed by atoms with Crippen LogP contribution in [0.5, 0.6) is 0 Å². The maximum Gasteiger partial charge on any atom is 1.00 e. The maximum atomic E-state index is 13.1. The molecule has 2 nitrogen and oxygen atoms in total. The van der Waals surface area contributed by atoms with Crippen LogP contribution in [-0.2, 0) is 11.1 Å². The molecule has 0 saturated heterocycles. The van der Waals surface area contributed by atoms with E-state index in [0.29, 0.717) is 0 Å². The molecule has 29 heavy (non-hydrogen) atoms. The molecule has 0 bridgehead atoms. The van der Waals surface area contributed by atoms with E-state index in [1.807, 2.05) is 0 Å². The van der Waals surface area contributed by atoms with E-state index in [1.54, 1.807) is 0 Å². The summed E-state index contributed by atoms with van der Waals surface area (Å²) in [5.74, 6) is -50.1. The third kappa shape index (κ3) is 4.07. The van der Waals surface area contributed by atoms with Gasteiger partial charge in [0.05, 0.1) is 0 Å². The molecule has 0 saturated carbocycles. The quantitative estimate of drug-likeness (QED) is 0.212. The van der Waals surface area contributed by atoms with Crippen LogP contribution in [0, 0.1) is 0 Å². The van der Waals surface area contributed by atoms with E-state index in [-0.39, 0.29) is 29.6 Å². The maximum absolute atomic E-state index is 13.1. The Morgan fingerprint density at radius 1 is 0.517 bits per heavy atom. The molecule has 0 aromatic carbocycles. The van der Waals surface area contributed by atoms with Crippen LogP contribution in [0.25, 0.3) is 0 Å². The summed E-state index contributed by atoms with van der Waals surface area (Å²) in [4.78, 5) is 0. The molecule has 21 heteroatoms. The number of halogens is 17. The zero-order chi connectivity index (χ0) is 23.6. The standard InChI is InChI=1S/C8HClF16O2S.Na/c9-7(22,23)5(18,19)3(14,15)1(10,11)2(12,13)4(16,17)6(20,21)8(24,25)28(26)27;/h(H,26,27);/q;+1/p-1. The minimum atomic E-state index is -8.67. The molecule has 0 aliphatic heterocycles. The molecule has 0 aromatic rings. The molecule has 0 spiro atoms. The molecular formula is C8ClF16NaO2S. The Labute approximate surface area is 177 Å². The Morgan fingerprint density at radius 2 is 0.724 bits per heavy atom. The van der Waals surface area contributed by atoms with Gasteiger partial charge in [0, 0.05) is 11.1 Å². The minimum absolute atomic E-state index is 0. The van der Waals surface area contributed by atoms with Crippen LogP contribution < -0.4 is 29.6 Å². The first-order chi connectivity index (χ1) is 11.7. The Bertz CT molecular complexity index is 631. The van der Waals surface area contributed by atoms with Crippen molar-refractivity contribution in [2.45, 2.75) is 46.2 Å². The molecular weight excluding hydrogens is 523 g/mol. The minimum Gasteiger partial charge on any atom is -0.768 e. The average Bonchev–Trinajstić information content (AvgIpc) is 2.44. The predicted molar refractivity (Wildman–Crippen MR) is 54.3 cm³/mol. The van der Waals surface area contributed by atoms with Crippen molar-refractivity contribution in [3.05, 3.63) is 0 Å². The molecule has 0 aromatic heterocycles. The molecule has 0 amide bonds. The van der Waals surface area contributed by atoms with Gasteiger partial charge in [0.15, 0.2) is 0 Å². The predicted octanol–water partition coefficient (Wildman–Crippen LogP) is 2.11. The second-order valence-corrected chi connectivity index (χ2v) is 6.15. The van der Waals surface area contributed by atoms with E-state index >= 15 is 0 Å². The first kappa shape index (κ1) is 31.5. The van der Waals surface area contributed by atoms with Gasteiger partial charge in [-0.15, -0.1) is 0 Å². The Balaban J connectivity index is 0. The van der Waals surface area contributed by atoms with Crippen LogP contribution in [0.15, 0.2) is 0 Å². The van der Waals surface area contributed by atoms with Crippen LogP contribution in [0.3, 0.4) is 0 Å². The second-order valence-electron chi connectivity index (χ2n) is 4.70. The summed E-state index contributed by atoms with van der Waals surface area (Å²) >= 11 is -2.47. The van der Waals surface area contributed by atoms with Gasteiger partial charge < -0.3 is 4.55 Å². The molecule has 0 heterocycles. The van der Waals surface area contributed by atoms with E-state index in [0.717, 1.165) is 0 Å². The summed E-state index contributed by atoms with van der Waals surface area (Å²) in [6, 6.07) is 0. The summed E-state index contributed by atoms with van der Waals surface area (Å²) in [6.07, 6.45) is 0. The summed E-state index contributed by atoms with van der Waals surface area (Å²) in [7, 11) is 0. The second kappa shape index (κ2) is 8.00. The van der Waals surface area contributed by atoms with Gasteiger partial charge >= 0.3 is 75.7 Å². The molecule has 0 N–H and O–H groups in total. The van der Waals surface area contributed by atoms with Gasteiger partial charge in [-0.1, -0.05) is 0 Å². The van der Waals surface area contributed by atoms with Crippen molar-refractivity contribution in [3.8, 4) is 0 Å². The SMILES string of the molecule is O=S([O-])C(F)(F)C(F)(F)C(F)(F)C(F)(F)C(F)(F)C(F)(F)C(F)(F)C(F)(F)Cl.[Na+]. The Hall–Kier alpha value is 0.280. The van der Waals surface area contributed by atoms with Crippen LogP contribution in [0.2, 0.25) is 0 Å². The van der Waals surface area contributed by atoms with E-state index in [2.05, 4.69) is 11.6 Å². The fraction of sp³-hybridized carbons (Fsp3) is 1.00. The van der Waals surface area contributed by atoms with Crippen LogP contribution in [0.1, 0.15) is 0 Å². The number of rotatable bonds is 8. The molecule has 0 fully saturated rings. The van der Waals surface area contributed by atoms with Crippen molar-refractivity contribution in [1.82, 2.24) is 0 Å². The summed E-state index contributed by atoms with van der Waals surface area (Å²) in [5, 5.41) is -14.2.